The number of hydrogen-bond donors (Lipinski definition) is 4. The van der Waals surface area contributed by atoms with Crippen molar-refractivity contribution in [2.24, 2.45) is 0 Å². The zero-order chi connectivity index (χ0) is 16.1. The van der Waals surface area contributed by atoms with Crippen molar-refractivity contribution in [2.45, 2.75) is 0 Å². The third kappa shape index (κ3) is 3.32. The summed E-state index contributed by atoms with van der Waals surface area (Å²) in [4.78, 5) is 0. The van der Waals surface area contributed by atoms with Crippen molar-refractivity contribution >= 4 is 22.1 Å². The second kappa shape index (κ2) is 6.58. The highest BCUT2D eigenvalue weighted by atomic mass is 16.5. The molecule has 0 fully saturated rings. The zero-order valence-corrected chi connectivity index (χ0v) is 12.2. The van der Waals surface area contributed by atoms with Crippen LogP contribution in [0.1, 0.15) is 0 Å². The maximum Gasteiger partial charge on any atom is 0.141 e. The lowest BCUT2D eigenvalue weighted by molar-refractivity contribution is 0.417. The normalized spacial score (nSPS) is 9.86. The highest BCUT2D eigenvalue weighted by Gasteiger charge is 2.00. The van der Waals surface area contributed by atoms with E-state index in [-0.39, 0.29) is 11.5 Å². The largest absolute Gasteiger partial charge is 0.507 e. The Hall–Kier alpha value is -3.08. The number of anilines is 2. The second-order valence-electron chi connectivity index (χ2n) is 4.65. The quantitative estimate of drug-likeness (QED) is 0.517. The average molecular weight is 298 g/mol. The molecule has 114 valence electrons. The first-order valence-electron chi connectivity index (χ1n) is 6.61. The molecule has 6 N–H and O–H groups in total. The van der Waals surface area contributed by atoms with Crippen LogP contribution in [0.2, 0.25) is 0 Å². The van der Waals surface area contributed by atoms with Gasteiger partial charge in [-0.3, -0.25) is 0 Å². The van der Waals surface area contributed by atoms with Crippen LogP contribution in [0.15, 0.2) is 54.6 Å². The molecule has 0 amide bonds. The number of phenolic OH excluding ortho intramolecular Hbond substituents is 2. The number of nitrogen functional groups attached to an aromatic ring is 2. The van der Waals surface area contributed by atoms with Crippen LogP contribution in [-0.4, -0.2) is 17.3 Å². The van der Waals surface area contributed by atoms with Gasteiger partial charge in [-0.05, 0) is 30.3 Å². The van der Waals surface area contributed by atoms with Gasteiger partial charge in [-0.1, -0.05) is 24.3 Å². The van der Waals surface area contributed by atoms with E-state index in [2.05, 4.69) is 0 Å². The maximum absolute atomic E-state index is 9.38. The number of ether oxygens (including phenoxy) is 1. The molecule has 0 spiro atoms. The third-order valence-corrected chi connectivity index (χ3v) is 3.13. The molecule has 0 radical (unpaired) electrons. The summed E-state index contributed by atoms with van der Waals surface area (Å²) in [6.45, 7) is 0. The van der Waals surface area contributed by atoms with Gasteiger partial charge in [0.15, 0.2) is 0 Å². The van der Waals surface area contributed by atoms with E-state index < -0.39 is 0 Å². The van der Waals surface area contributed by atoms with E-state index in [1.54, 1.807) is 61.7 Å². The van der Waals surface area contributed by atoms with E-state index in [0.29, 0.717) is 27.9 Å². The minimum Gasteiger partial charge on any atom is -0.507 e. The summed E-state index contributed by atoms with van der Waals surface area (Å²) in [6.07, 6.45) is 0. The van der Waals surface area contributed by atoms with E-state index in [9.17, 15) is 10.2 Å². The molecule has 0 aliphatic rings. The monoisotopic (exact) mass is 298 g/mol. The van der Waals surface area contributed by atoms with Crippen LogP contribution >= 0.6 is 0 Å². The summed E-state index contributed by atoms with van der Waals surface area (Å²) < 4.78 is 4.92. The minimum atomic E-state index is 0.198. The molecule has 0 heterocycles. The first-order valence-corrected chi connectivity index (χ1v) is 6.61. The van der Waals surface area contributed by atoms with Crippen molar-refractivity contribution in [1.29, 1.82) is 0 Å². The van der Waals surface area contributed by atoms with Crippen LogP contribution in [0.25, 0.3) is 10.8 Å². The van der Waals surface area contributed by atoms with Gasteiger partial charge in [0.25, 0.3) is 0 Å². The van der Waals surface area contributed by atoms with Crippen molar-refractivity contribution in [2.75, 3.05) is 18.6 Å². The van der Waals surface area contributed by atoms with Crippen LogP contribution in [0, 0.1) is 0 Å². The molecule has 0 saturated heterocycles. The zero-order valence-electron chi connectivity index (χ0n) is 12.2. The average Bonchev–Trinajstić information content (AvgIpc) is 2.49. The smallest absolute Gasteiger partial charge is 0.141 e. The van der Waals surface area contributed by atoms with Crippen LogP contribution in [0.4, 0.5) is 11.4 Å². The van der Waals surface area contributed by atoms with Crippen LogP contribution < -0.4 is 16.2 Å². The van der Waals surface area contributed by atoms with E-state index in [4.69, 9.17) is 16.2 Å². The topological polar surface area (TPSA) is 102 Å². The molecule has 3 aromatic rings. The Labute approximate surface area is 128 Å². The number of phenols is 2. The molecular weight excluding hydrogens is 280 g/mol. The summed E-state index contributed by atoms with van der Waals surface area (Å²) in [5.41, 5.74) is 12.2. The van der Waals surface area contributed by atoms with E-state index >= 15 is 0 Å². The molecule has 5 nitrogen and oxygen atoms in total. The molecule has 22 heavy (non-hydrogen) atoms. The van der Waals surface area contributed by atoms with Crippen molar-refractivity contribution in [1.82, 2.24) is 0 Å². The fraction of sp³-hybridized carbons (Fsp3) is 0.0588. The van der Waals surface area contributed by atoms with Crippen molar-refractivity contribution in [3.63, 3.8) is 0 Å². The Morgan fingerprint density at radius 1 is 0.818 bits per heavy atom. The Morgan fingerprint density at radius 2 is 1.36 bits per heavy atom. The molecule has 0 bridgehead atoms. The molecule has 3 aromatic carbocycles. The van der Waals surface area contributed by atoms with Gasteiger partial charge in [0, 0.05) is 16.5 Å². The summed E-state index contributed by atoms with van der Waals surface area (Å²) in [5, 5.41) is 20.1. The summed E-state index contributed by atoms with van der Waals surface area (Å²) in [5.74, 6) is 1.06. The van der Waals surface area contributed by atoms with E-state index in [1.807, 2.05) is 0 Å². The minimum absolute atomic E-state index is 0.198. The number of benzene rings is 3. The second-order valence-corrected chi connectivity index (χ2v) is 4.65. The fourth-order valence-electron chi connectivity index (χ4n) is 2.03. The molecule has 0 unspecified atom stereocenters. The summed E-state index contributed by atoms with van der Waals surface area (Å²) in [7, 11) is 1.57. The molecular formula is C17H18N2O3. The van der Waals surface area contributed by atoms with Gasteiger partial charge in [-0.25, -0.2) is 0 Å². The molecule has 0 saturated carbocycles. The lowest BCUT2D eigenvalue weighted by Crippen LogP contribution is -1.93. The lowest BCUT2D eigenvalue weighted by atomic mass is 10.1. The van der Waals surface area contributed by atoms with Crippen molar-refractivity contribution in [3.05, 3.63) is 54.6 Å². The van der Waals surface area contributed by atoms with Gasteiger partial charge in [0.1, 0.15) is 17.2 Å². The predicted molar refractivity (Wildman–Crippen MR) is 89.1 cm³/mol. The number of methoxy groups -OCH3 is 1. The molecule has 0 aliphatic carbocycles. The first-order chi connectivity index (χ1) is 10.5. The predicted octanol–water partition coefficient (Wildman–Crippen LogP) is 3.11. The number of rotatable bonds is 1. The van der Waals surface area contributed by atoms with Gasteiger partial charge < -0.3 is 26.4 Å². The highest BCUT2D eigenvalue weighted by molar-refractivity contribution is 5.92. The van der Waals surface area contributed by atoms with Gasteiger partial charge in [0.05, 0.1) is 12.8 Å². The number of hydrogen-bond acceptors (Lipinski definition) is 5. The number of nitrogens with two attached hydrogens (primary N) is 2. The van der Waals surface area contributed by atoms with Crippen LogP contribution in [-0.2, 0) is 0 Å². The third-order valence-electron chi connectivity index (χ3n) is 3.13. The standard InChI is InChI=1S/C10H8O2.C7H10N2O/c11-9-5-1-3-7-8(9)4-2-6-10(7)12;1-10-7-3-2-5(8)4-6(7)9/h1-6,11-12H;2-4H,8-9H2,1H3. The Balaban J connectivity index is 0.000000164. The Kier molecular flexibility index (Phi) is 4.58. The molecule has 0 aromatic heterocycles. The SMILES string of the molecule is COc1ccc(N)cc1N.Oc1cccc2c(O)cccc12. The van der Waals surface area contributed by atoms with E-state index in [0.717, 1.165) is 0 Å². The summed E-state index contributed by atoms with van der Waals surface area (Å²) in [6, 6.07) is 15.3. The Morgan fingerprint density at radius 3 is 1.82 bits per heavy atom. The van der Waals surface area contributed by atoms with Crippen molar-refractivity contribution in [3.8, 4) is 17.2 Å². The molecule has 0 atom stereocenters. The van der Waals surface area contributed by atoms with Crippen LogP contribution in [0.3, 0.4) is 0 Å². The van der Waals surface area contributed by atoms with Gasteiger partial charge in [-0.2, -0.15) is 0 Å². The number of fused-ring (bicyclic) bond motifs is 1. The summed E-state index contributed by atoms with van der Waals surface area (Å²) >= 11 is 0. The number of aromatic hydroxyl groups is 2. The van der Waals surface area contributed by atoms with E-state index in [1.165, 1.54) is 0 Å². The Bertz CT molecular complexity index is 747. The van der Waals surface area contributed by atoms with Gasteiger partial charge >= 0.3 is 0 Å². The maximum atomic E-state index is 9.38. The van der Waals surface area contributed by atoms with Crippen LogP contribution in [0.5, 0.6) is 17.2 Å². The fourth-order valence-corrected chi connectivity index (χ4v) is 2.03. The molecule has 3 rings (SSSR count). The van der Waals surface area contributed by atoms with Gasteiger partial charge in [-0.15, -0.1) is 0 Å². The lowest BCUT2D eigenvalue weighted by Gasteiger charge is -2.03. The van der Waals surface area contributed by atoms with Gasteiger partial charge in [0.2, 0.25) is 0 Å². The molecule has 5 heteroatoms. The first kappa shape index (κ1) is 15.3. The molecule has 0 aliphatic heterocycles. The highest BCUT2D eigenvalue weighted by Crippen LogP contribution is 2.29. The van der Waals surface area contributed by atoms with Crippen molar-refractivity contribution < 1.29 is 14.9 Å².